The largest absolute Gasteiger partial charge is 0.390 e. The molecule has 0 saturated heterocycles. The Morgan fingerprint density at radius 3 is 2.55 bits per heavy atom. The summed E-state index contributed by atoms with van der Waals surface area (Å²) < 4.78 is 26.0. The zero-order valence-electron chi connectivity index (χ0n) is 10.3. The first kappa shape index (κ1) is 13.7. The molecule has 20 heavy (non-hydrogen) atoms. The Morgan fingerprint density at radius 2 is 1.85 bits per heavy atom. The molecule has 0 heterocycles. The molecule has 2 aromatic rings. The molecular weight excluding hydrogens is 262 g/mol. The van der Waals surface area contributed by atoms with Crippen LogP contribution in [0, 0.1) is 23.0 Å². The first-order valence-electron chi connectivity index (χ1n) is 5.72. The third-order valence-electron chi connectivity index (χ3n) is 2.51. The first-order valence-corrected chi connectivity index (χ1v) is 5.72. The van der Waals surface area contributed by atoms with Gasteiger partial charge >= 0.3 is 0 Å². The van der Waals surface area contributed by atoms with Crippen molar-refractivity contribution >= 4 is 6.21 Å². The molecule has 0 amide bonds. The molecule has 0 N–H and O–H groups in total. The van der Waals surface area contributed by atoms with E-state index in [1.807, 2.05) is 6.07 Å². The second-order valence-corrected chi connectivity index (χ2v) is 3.87. The fraction of sp³-hybridized carbons (Fsp3) is 0.0667. The Kier molecular flexibility index (Phi) is 4.40. The van der Waals surface area contributed by atoms with Crippen molar-refractivity contribution in [3.8, 4) is 6.07 Å². The van der Waals surface area contributed by atoms with Crippen molar-refractivity contribution in [3.05, 3.63) is 70.8 Å². The number of nitriles is 1. The highest BCUT2D eigenvalue weighted by Gasteiger charge is 2.04. The number of rotatable bonds is 4. The third-order valence-corrected chi connectivity index (χ3v) is 2.51. The number of nitrogens with zero attached hydrogens (tertiary/aromatic N) is 2. The van der Waals surface area contributed by atoms with E-state index in [4.69, 9.17) is 10.1 Å². The molecule has 99 valence electrons. The summed E-state index contributed by atoms with van der Waals surface area (Å²) in [7, 11) is 0. The molecule has 0 aliphatic rings. The molecule has 0 bridgehead atoms. The maximum Gasteiger partial charge on any atom is 0.145 e. The minimum Gasteiger partial charge on any atom is -0.390 e. The van der Waals surface area contributed by atoms with Gasteiger partial charge in [0.2, 0.25) is 0 Å². The van der Waals surface area contributed by atoms with E-state index in [2.05, 4.69) is 11.4 Å². The Balaban J connectivity index is 1.99. The molecule has 0 unspecified atom stereocenters. The quantitative estimate of drug-likeness (QED) is 0.633. The molecule has 0 fully saturated rings. The van der Waals surface area contributed by atoms with Crippen LogP contribution in [0.4, 0.5) is 8.78 Å². The van der Waals surface area contributed by atoms with Crippen LogP contribution in [0.1, 0.15) is 16.7 Å². The van der Waals surface area contributed by atoms with Crippen molar-refractivity contribution in [2.45, 2.75) is 6.61 Å². The molecule has 3 nitrogen and oxygen atoms in total. The number of halogens is 2. The molecule has 2 aromatic carbocycles. The monoisotopic (exact) mass is 271 g/mol. The number of hydrogen-bond donors (Lipinski definition) is 0. The standard InChI is InChI=1S/C15H9F2N2O/c16-14-6-5-13(15(17)7-14)10-20-19-9-12-4-2-1-3-11(12)8-18/h1-7H,10H2. The summed E-state index contributed by atoms with van der Waals surface area (Å²) in [5, 5.41) is 12.4. The number of benzene rings is 2. The lowest BCUT2D eigenvalue weighted by Gasteiger charge is -2.01. The SMILES string of the molecule is N#Cc1ccccc1/[C]=N\OCc1ccc(F)cc1F. The van der Waals surface area contributed by atoms with Crippen molar-refractivity contribution in [1.82, 2.24) is 0 Å². The predicted molar refractivity (Wildman–Crippen MR) is 68.8 cm³/mol. The van der Waals surface area contributed by atoms with Crippen molar-refractivity contribution in [3.63, 3.8) is 0 Å². The van der Waals surface area contributed by atoms with Gasteiger partial charge in [0.05, 0.1) is 11.6 Å². The number of hydrogen-bond acceptors (Lipinski definition) is 3. The van der Waals surface area contributed by atoms with Gasteiger partial charge in [0, 0.05) is 17.2 Å². The van der Waals surface area contributed by atoms with E-state index >= 15 is 0 Å². The summed E-state index contributed by atoms with van der Waals surface area (Å²) in [5.41, 5.74) is 1.08. The Morgan fingerprint density at radius 1 is 1.10 bits per heavy atom. The zero-order valence-corrected chi connectivity index (χ0v) is 10.3. The molecule has 1 radical (unpaired) electrons. The topological polar surface area (TPSA) is 45.4 Å². The van der Waals surface area contributed by atoms with Crippen molar-refractivity contribution in [1.29, 1.82) is 5.26 Å². The normalized spacial score (nSPS) is 10.4. The smallest absolute Gasteiger partial charge is 0.145 e. The molecule has 2 rings (SSSR count). The van der Waals surface area contributed by atoms with Gasteiger partial charge < -0.3 is 4.84 Å². The van der Waals surface area contributed by atoms with Gasteiger partial charge in [-0.1, -0.05) is 23.4 Å². The summed E-state index contributed by atoms with van der Waals surface area (Å²) in [5.74, 6) is -1.35. The average molecular weight is 271 g/mol. The lowest BCUT2D eigenvalue weighted by Crippen LogP contribution is -1.94. The van der Waals surface area contributed by atoms with E-state index in [0.717, 1.165) is 12.1 Å². The van der Waals surface area contributed by atoms with Gasteiger partial charge in [0.15, 0.2) is 0 Å². The lowest BCUT2D eigenvalue weighted by molar-refractivity contribution is 0.129. The molecule has 0 aliphatic heterocycles. The van der Waals surface area contributed by atoms with Crippen molar-refractivity contribution < 1.29 is 13.6 Å². The van der Waals surface area contributed by atoms with Gasteiger partial charge in [0.1, 0.15) is 24.5 Å². The van der Waals surface area contributed by atoms with Crippen LogP contribution < -0.4 is 0 Å². The second-order valence-electron chi connectivity index (χ2n) is 3.87. The van der Waals surface area contributed by atoms with E-state index < -0.39 is 11.6 Å². The lowest BCUT2D eigenvalue weighted by atomic mass is 10.1. The van der Waals surface area contributed by atoms with Gasteiger partial charge in [-0.3, -0.25) is 0 Å². The Labute approximate surface area is 114 Å². The van der Waals surface area contributed by atoms with Crippen LogP contribution in [0.3, 0.4) is 0 Å². The van der Waals surface area contributed by atoms with Gasteiger partial charge in [-0.05, 0) is 18.2 Å². The van der Waals surface area contributed by atoms with E-state index in [1.54, 1.807) is 24.3 Å². The maximum absolute atomic E-state index is 13.3. The van der Waals surface area contributed by atoms with Crippen LogP contribution in [0.25, 0.3) is 0 Å². The fourth-order valence-electron chi connectivity index (χ4n) is 1.50. The molecule has 0 aromatic heterocycles. The molecule has 0 aliphatic carbocycles. The maximum atomic E-state index is 13.3. The molecule has 0 spiro atoms. The highest BCUT2D eigenvalue weighted by molar-refractivity contribution is 5.82. The molecular formula is C15H9F2N2O. The van der Waals surface area contributed by atoms with Crippen molar-refractivity contribution in [2.24, 2.45) is 5.16 Å². The van der Waals surface area contributed by atoms with Crippen LogP contribution in [-0.2, 0) is 11.4 Å². The summed E-state index contributed by atoms with van der Waals surface area (Å²) in [6.07, 6.45) is 2.55. The van der Waals surface area contributed by atoms with Crippen molar-refractivity contribution in [2.75, 3.05) is 0 Å². The van der Waals surface area contributed by atoms with Crippen LogP contribution in [0.2, 0.25) is 0 Å². The average Bonchev–Trinajstić information content (AvgIpc) is 2.46. The van der Waals surface area contributed by atoms with Gasteiger partial charge in [-0.15, -0.1) is 0 Å². The van der Waals surface area contributed by atoms with E-state index in [9.17, 15) is 8.78 Å². The first-order chi connectivity index (χ1) is 9.70. The van der Waals surface area contributed by atoms with Crippen LogP contribution in [0.5, 0.6) is 0 Å². The zero-order chi connectivity index (χ0) is 14.4. The highest BCUT2D eigenvalue weighted by atomic mass is 19.1. The molecule has 5 heteroatoms. The van der Waals surface area contributed by atoms with Crippen LogP contribution in [-0.4, -0.2) is 6.21 Å². The highest BCUT2D eigenvalue weighted by Crippen LogP contribution is 2.11. The summed E-state index contributed by atoms with van der Waals surface area (Å²) in [6, 6.07) is 11.9. The summed E-state index contributed by atoms with van der Waals surface area (Å²) >= 11 is 0. The molecule has 0 saturated carbocycles. The van der Waals surface area contributed by atoms with Gasteiger partial charge in [0.25, 0.3) is 0 Å². The van der Waals surface area contributed by atoms with E-state index in [0.29, 0.717) is 11.1 Å². The fourth-order valence-corrected chi connectivity index (χ4v) is 1.50. The Hall–Kier alpha value is -2.74. The molecule has 0 atom stereocenters. The summed E-state index contributed by atoms with van der Waals surface area (Å²) in [4.78, 5) is 4.89. The summed E-state index contributed by atoms with van der Waals surface area (Å²) in [6.45, 7) is -0.145. The van der Waals surface area contributed by atoms with Gasteiger partial charge in [-0.25, -0.2) is 8.78 Å². The minimum atomic E-state index is -0.697. The van der Waals surface area contributed by atoms with E-state index in [-0.39, 0.29) is 12.2 Å². The second kappa shape index (κ2) is 6.43. The Bertz CT molecular complexity index is 678. The third kappa shape index (κ3) is 3.39. The van der Waals surface area contributed by atoms with E-state index in [1.165, 1.54) is 6.07 Å². The van der Waals surface area contributed by atoms with Crippen LogP contribution in [0.15, 0.2) is 47.6 Å². The minimum absolute atomic E-state index is 0.145. The predicted octanol–water partition coefficient (Wildman–Crippen LogP) is 3.26. The van der Waals surface area contributed by atoms with Gasteiger partial charge in [-0.2, -0.15) is 5.26 Å². The van der Waals surface area contributed by atoms with Crippen LogP contribution >= 0.6 is 0 Å².